The standard InChI is InChI=1S/C24H27FN4O/c25-20-13-17(24(26)30)9-10-18(20)23-14-22(19-7-1-2-8-21(19)29-23)28-12-4-6-16-5-3-11-27-15-16/h1-2,7-10,13-14,16,27H,3-6,11-12,15H2,(H2,26,30)(H,28,29). The molecule has 1 fully saturated rings. The highest BCUT2D eigenvalue weighted by Crippen LogP contribution is 2.30. The molecular weight excluding hydrogens is 379 g/mol. The average Bonchev–Trinajstić information content (AvgIpc) is 2.77. The normalized spacial score (nSPS) is 16.5. The molecule has 30 heavy (non-hydrogen) atoms. The summed E-state index contributed by atoms with van der Waals surface area (Å²) in [7, 11) is 0. The Labute approximate surface area is 175 Å². The molecule has 6 heteroatoms. The highest BCUT2D eigenvalue weighted by molar-refractivity contribution is 5.95. The summed E-state index contributed by atoms with van der Waals surface area (Å²) in [5, 5.41) is 8.00. The lowest BCUT2D eigenvalue weighted by Crippen LogP contribution is -2.29. The molecule has 0 aliphatic carbocycles. The van der Waals surface area contributed by atoms with Crippen molar-refractivity contribution in [1.29, 1.82) is 0 Å². The Morgan fingerprint density at radius 1 is 1.23 bits per heavy atom. The van der Waals surface area contributed by atoms with Crippen molar-refractivity contribution >= 4 is 22.5 Å². The maximum absolute atomic E-state index is 14.7. The smallest absolute Gasteiger partial charge is 0.248 e. The van der Waals surface area contributed by atoms with Gasteiger partial charge in [0.1, 0.15) is 5.82 Å². The number of carbonyl (C=O) groups is 1. The summed E-state index contributed by atoms with van der Waals surface area (Å²) in [6.45, 7) is 3.10. The molecule has 0 bridgehead atoms. The van der Waals surface area contributed by atoms with Gasteiger partial charge >= 0.3 is 0 Å². The molecule has 0 radical (unpaired) electrons. The van der Waals surface area contributed by atoms with Gasteiger partial charge < -0.3 is 16.4 Å². The molecule has 2 heterocycles. The molecule has 0 saturated carbocycles. The van der Waals surface area contributed by atoms with E-state index in [0.29, 0.717) is 11.3 Å². The van der Waals surface area contributed by atoms with E-state index in [0.717, 1.165) is 48.6 Å². The number of nitrogens with zero attached hydrogens (tertiary/aromatic N) is 1. The Kier molecular flexibility index (Phi) is 6.23. The second kappa shape index (κ2) is 9.22. The molecule has 1 amide bonds. The number of halogens is 1. The van der Waals surface area contributed by atoms with Crippen molar-refractivity contribution in [3.8, 4) is 11.3 Å². The van der Waals surface area contributed by atoms with Gasteiger partial charge in [-0.15, -0.1) is 0 Å². The highest BCUT2D eigenvalue weighted by Gasteiger charge is 2.14. The number of amides is 1. The largest absolute Gasteiger partial charge is 0.384 e. The van der Waals surface area contributed by atoms with E-state index in [4.69, 9.17) is 5.73 Å². The number of hydrogen-bond acceptors (Lipinski definition) is 4. The van der Waals surface area contributed by atoms with Crippen LogP contribution in [0.2, 0.25) is 0 Å². The second-order valence-electron chi connectivity index (χ2n) is 7.91. The number of nitrogens with one attached hydrogen (secondary N) is 2. The lowest BCUT2D eigenvalue weighted by Gasteiger charge is -2.22. The summed E-state index contributed by atoms with van der Waals surface area (Å²) in [4.78, 5) is 16.0. The number of piperidine rings is 1. The van der Waals surface area contributed by atoms with E-state index >= 15 is 0 Å². The maximum atomic E-state index is 14.7. The first-order valence-corrected chi connectivity index (χ1v) is 10.6. The van der Waals surface area contributed by atoms with E-state index in [1.165, 1.54) is 31.4 Å². The first-order chi connectivity index (χ1) is 14.6. The van der Waals surface area contributed by atoms with Gasteiger partial charge in [0.05, 0.1) is 11.2 Å². The number of primary amides is 1. The van der Waals surface area contributed by atoms with Crippen LogP contribution in [0.5, 0.6) is 0 Å². The van der Waals surface area contributed by atoms with Crippen molar-refractivity contribution < 1.29 is 9.18 Å². The Morgan fingerprint density at radius 3 is 2.87 bits per heavy atom. The Morgan fingerprint density at radius 2 is 2.10 bits per heavy atom. The number of fused-ring (bicyclic) bond motifs is 1. The predicted octanol–water partition coefficient (Wildman–Crippen LogP) is 4.33. The van der Waals surface area contributed by atoms with Gasteiger partial charge in [-0.3, -0.25) is 4.79 Å². The van der Waals surface area contributed by atoms with Crippen LogP contribution in [0, 0.1) is 11.7 Å². The first kappa shape index (κ1) is 20.3. The summed E-state index contributed by atoms with van der Waals surface area (Å²) in [6, 6.07) is 14.0. The molecule has 1 unspecified atom stereocenters. The molecular formula is C24H27FN4O. The number of rotatable bonds is 7. The molecule has 1 saturated heterocycles. The topological polar surface area (TPSA) is 80.0 Å². The molecule has 1 aliphatic heterocycles. The monoisotopic (exact) mass is 406 g/mol. The van der Waals surface area contributed by atoms with Crippen LogP contribution in [-0.4, -0.2) is 30.5 Å². The summed E-state index contributed by atoms with van der Waals surface area (Å²) in [5.41, 5.74) is 8.02. The van der Waals surface area contributed by atoms with Gasteiger partial charge in [0.2, 0.25) is 5.91 Å². The van der Waals surface area contributed by atoms with Crippen molar-refractivity contribution in [2.75, 3.05) is 25.0 Å². The molecule has 2 aromatic carbocycles. The zero-order valence-electron chi connectivity index (χ0n) is 17.0. The summed E-state index contributed by atoms with van der Waals surface area (Å²) in [6.07, 6.45) is 4.84. The lowest BCUT2D eigenvalue weighted by molar-refractivity contribution is 0.1000. The fourth-order valence-corrected chi connectivity index (χ4v) is 4.12. The third kappa shape index (κ3) is 4.60. The van der Waals surface area contributed by atoms with Crippen molar-refractivity contribution in [3.63, 3.8) is 0 Å². The average molecular weight is 407 g/mol. The fourth-order valence-electron chi connectivity index (χ4n) is 4.12. The van der Waals surface area contributed by atoms with Crippen LogP contribution in [0.1, 0.15) is 36.0 Å². The van der Waals surface area contributed by atoms with Gasteiger partial charge in [-0.2, -0.15) is 0 Å². The van der Waals surface area contributed by atoms with Crippen LogP contribution < -0.4 is 16.4 Å². The van der Waals surface area contributed by atoms with E-state index < -0.39 is 11.7 Å². The molecule has 4 rings (SSSR count). The molecule has 4 N–H and O–H groups in total. The molecule has 1 aliphatic rings. The van der Waals surface area contributed by atoms with Gasteiger partial charge in [0, 0.05) is 28.7 Å². The first-order valence-electron chi connectivity index (χ1n) is 10.6. The van der Waals surface area contributed by atoms with Gasteiger partial charge in [-0.25, -0.2) is 9.37 Å². The van der Waals surface area contributed by atoms with Crippen molar-refractivity contribution in [2.24, 2.45) is 11.7 Å². The SMILES string of the molecule is NC(=O)c1ccc(-c2cc(NCCCC3CCCNC3)c3ccccc3n2)c(F)c1. The number of nitrogens with two attached hydrogens (primary N) is 1. The number of para-hydroxylation sites is 1. The van der Waals surface area contributed by atoms with E-state index in [9.17, 15) is 9.18 Å². The summed E-state index contributed by atoms with van der Waals surface area (Å²) >= 11 is 0. The zero-order valence-corrected chi connectivity index (χ0v) is 17.0. The van der Waals surface area contributed by atoms with Crippen LogP contribution in [0.25, 0.3) is 22.2 Å². The van der Waals surface area contributed by atoms with Gasteiger partial charge in [0.25, 0.3) is 0 Å². The highest BCUT2D eigenvalue weighted by atomic mass is 19.1. The lowest BCUT2D eigenvalue weighted by atomic mass is 9.95. The van der Waals surface area contributed by atoms with E-state index in [2.05, 4.69) is 15.6 Å². The van der Waals surface area contributed by atoms with Crippen LogP contribution >= 0.6 is 0 Å². The zero-order chi connectivity index (χ0) is 20.9. The van der Waals surface area contributed by atoms with Crippen LogP contribution in [0.3, 0.4) is 0 Å². The molecule has 0 spiro atoms. The van der Waals surface area contributed by atoms with E-state index in [1.807, 2.05) is 30.3 Å². The second-order valence-corrected chi connectivity index (χ2v) is 7.91. The number of carbonyl (C=O) groups excluding carboxylic acids is 1. The van der Waals surface area contributed by atoms with Crippen molar-refractivity contribution in [1.82, 2.24) is 10.3 Å². The number of anilines is 1. The molecule has 1 atom stereocenters. The molecule has 156 valence electrons. The quantitative estimate of drug-likeness (QED) is 0.510. The Bertz CT molecular complexity index is 1050. The van der Waals surface area contributed by atoms with E-state index in [-0.39, 0.29) is 5.56 Å². The number of aromatic nitrogens is 1. The van der Waals surface area contributed by atoms with Crippen LogP contribution in [0.15, 0.2) is 48.5 Å². The van der Waals surface area contributed by atoms with Crippen molar-refractivity contribution in [2.45, 2.75) is 25.7 Å². The third-order valence-corrected chi connectivity index (χ3v) is 5.75. The molecule has 3 aromatic rings. The molecule has 1 aromatic heterocycles. The number of benzene rings is 2. The minimum Gasteiger partial charge on any atom is -0.384 e. The minimum absolute atomic E-state index is 0.146. The maximum Gasteiger partial charge on any atom is 0.248 e. The third-order valence-electron chi connectivity index (χ3n) is 5.75. The Balaban J connectivity index is 1.56. The van der Waals surface area contributed by atoms with E-state index in [1.54, 1.807) is 6.07 Å². The fraction of sp³-hybridized carbons (Fsp3) is 0.333. The van der Waals surface area contributed by atoms with Gasteiger partial charge in [0.15, 0.2) is 0 Å². The predicted molar refractivity (Wildman–Crippen MR) is 119 cm³/mol. The van der Waals surface area contributed by atoms with Crippen molar-refractivity contribution in [3.05, 3.63) is 59.9 Å². The number of hydrogen-bond donors (Lipinski definition) is 3. The number of pyridine rings is 1. The van der Waals surface area contributed by atoms with Gasteiger partial charge in [-0.05, 0) is 75.0 Å². The summed E-state index contributed by atoms with van der Waals surface area (Å²) in [5.74, 6) is -0.407. The molecule has 5 nitrogen and oxygen atoms in total. The van der Waals surface area contributed by atoms with Crippen LogP contribution in [-0.2, 0) is 0 Å². The van der Waals surface area contributed by atoms with Gasteiger partial charge in [-0.1, -0.05) is 18.2 Å². The summed E-state index contributed by atoms with van der Waals surface area (Å²) < 4.78 is 14.7. The minimum atomic E-state index is -0.651. The van der Waals surface area contributed by atoms with Crippen LogP contribution in [0.4, 0.5) is 10.1 Å². The Hall–Kier alpha value is -2.99.